The molecule has 5 nitrogen and oxygen atoms in total. The number of allylic oxidation sites excluding steroid dienone is 2. The van der Waals surface area contributed by atoms with E-state index in [0.29, 0.717) is 6.42 Å². The van der Waals surface area contributed by atoms with E-state index in [1.54, 1.807) is 17.2 Å². The van der Waals surface area contributed by atoms with Crippen LogP contribution in [0.5, 0.6) is 0 Å². The molecule has 0 bridgehead atoms. The fourth-order valence-corrected chi connectivity index (χ4v) is 4.44. The number of amides is 2. The lowest BCUT2D eigenvalue weighted by Crippen LogP contribution is -2.17. The number of anilines is 1. The molecule has 0 saturated heterocycles. The summed E-state index contributed by atoms with van der Waals surface area (Å²) in [6.45, 7) is 0. The Labute approximate surface area is 157 Å². The molecule has 2 aliphatic rings. The molecule has 1 heterocycles. The zero-order valence-corrected chi connectivity index (χ0v) is 15.5. The lowest BCUT2D eigenvalue weighted by atomic mass is 10.0. The van der Waals surface area contributed by atoms with Crippen LogP contribution in [0.1, 0.15) is 50.5 Å². The van der Waals surface area contributed by atoms with E-state index in [0.717, 1.165) is 66.0 Å². The van der Waals surface area contributed by atoms with Crippen molar-refractivity contribution in [1.29, 1.82) is 0 Å². The summed E-state index contributed by atoms with van der Waals surface area (Å²) < 4.78 is 0. The maximum Gasteiger partial charge on any atom is 0.252 e. The van der Waals surface area contributed by atoms with Crippen molar-refractivity contribution >= 4 is 29.3 Å². The third-order valence-corrected chi connectivity index (χ3v) is 5.86. The molecule has 0 unspecified atom stereocenters. The second-order valence-corrected chi connectivity index (χ2v) is 7.66. The fraction of sp³-hybridized carbons (Fsp3) is 0.400. The van der Waals surface area contributed by atoms with E-state index in [4.69, 9.17) is 5.21 Å². The van der Waals surface area contributed by atoms with Gasteiger partial charge < -0.3 is 5.32 Å². The summed E-state index contributed by atoms with van der Waals surface area (Å²) in [5.41, 5.74) is 4.66. The molecule has 3 N–H and O–H groups in total. The summed E-state index contributed by atoms with van der Waals surface area (Å²) in [6, 6.07) is 6.20. The maximum absolute atomic E-state index is 12.6. The minimum Gasteiger partial charge on any atom is -0.321 e. The SMILES string of the molecule is O=C(CCCCCCc1cccc2c1NC(=O)C1=C(C=CCC1)S2)NO. The van der Waals surface area contributed by atoms with Crippen LogP contribution in [-0.4, -0.2) is 17.0 Å². The number of benzene rings is 1. The molecular formula is C20H24N2O3S. The first-order valence-electron chi connectivity index (χ1n) is 9.13. The van der Waals surface area contributed by atoms with Crippen LogP contribution in [0.15, 0.2) is 45.7 Å². The molecule has 2 amide bonds. The van der Waals surface area contributed by atoms with Gasteiger partial charge in [-0.3, -0.25) is 14.8 Å². The Bertz CT molecular complexity index is 755. The molecule has 0 atom stereocenters. The van der Waals surface area contributed by atoms with Crippen LogP contribution in [0.4, 0.5) is 5.69 Å². The highest BCUT2D eigenvalue weighted by molar-refractivity contribution is 8.03. The minimum absolute atomic E-state index is 0.0260. The van der Waals surface area contributed by atoms with Crippen molar-refractivity contribution in [2.75, 3.05) is 5.32 Å². The highest BCUT2D eigenvalue weighted by Crippen LogP contribution is 2.42. The number of thioether (sulfide) groups is 1. The van der Waals surface area contributed by atoms with Crippen molar-refractivity contribution in [2.24, 2.45) is 0 Å². The Morgan fingerprint density at radius 1 is 1.23 bits per heavy atom. The fourth-order valence-electron chi connectivity index (χ4n) is 3.29. The molecule has 0 aromatic heterocycles. The van der Waals surface area contributed by atoms with Crippen LogP contribution in [0.2, 0.25) is 0 Å². The topological polar surface area (TPSA) is 78.4 Å². The molecule has 138 valence electrons. The van der Waals surface area contributed by atoms with Crippen molar-refractivity contribution in [3.05, 3.63) is 46.4 Å². The van der Waals surface area contributed by atoms with Crippen LogP contribution in [-0.2, 0) is 16.0 Å². The number of fused-ring (bicyclic) bond motifs is 1. The standard InChI is InChI=1S/C20H24N2O3S/c23-18(22-25)13-4-2-1-3-8-14-9-7-12-17-19(14)21-20(24)15-10-5-6-11-16(15)26-17/h6-7,9,11-12,25H,1-5,8,10,13H2,(H,21,24)(H,22,23). The minimum atomic E-state index is -0.330. The van der Waals surface area contributed by atoms with Gasteiger partial charge in [-0.15, -0.1) is 0 Å². The number of hydroxylamine groups is 1. The van der Waals surface area contributed by atoms with Gasteiger partial charge in [-0.1, -0.05) is 48.9 Å². The summed E-state index contributed by atoms with van der Waals surface area (Å²) in [4.78, 5) is 25.7. The van der Waals surface area contributed by atoms with Gasteiger partial charge in [0.05, 0.1) is 5.69 Å². The molecule has 0 saturated carbocycles. The monoisotopic (exact) mass is 372 g/mol. The number of unbranched alkanes of at least 4 members (excludes halogenated alkanes) is 3. The summed E-state index contributed by atoms with van der Waals surface area (Å²) in [6.07, 6.45) is 10.9. The van der Waals surface area contributed by atoms with Gasteiger partial charge in [0.15, 0.2) is 0 Å². The number of carbonyl (C=O) groups excluding carboxylic acids is 2. The predicted octanol–water partition coefficient (Wildman–Crippen LogP) is 4.33. The van der Waals surface area contributed by atoms with Gasteiger partial charge in [-0.25, -0.2) is 5.48 Å². The molecule has 0 radical (unpaired) electrons. The van der Waals surface area contributed by atoms with Crippen LogP contribution in [0, 0.1) is 0 Å². The Hall–Kier alpha value is -2.05. The Balaban J connectivity index is 1.59. The predicted molar refractivity (Wildman–Crippen MR) is 103 cm³/mol. The highest BCUT2D eigenvalue weighted by Gasteiger charge is 2.24. The second kappa shape index (κ2) is 9.05. The molecular weight excluding hydrogens is 348 g/mol. The van der Waals surface area contributed by atoms with E-state index in [9.17, 15) is 9.59 Å². The number of carbonyl (C=O) groups is 2. The third-order valence-electron chi connectivity index (χ3n) is 4.70. The average molecular weight is 372 g/mol. The van der Waals surface area contributed by atoms with Crippen LogP contribution in [0.3, 0.4) is 0 Å². The first kappa shape index (κ1) is 18.7. The Morgan fingerprint density at radius 3 is 2.92 bits per heavy atom. The summed E-state index contributed by atoms with van der Waals surface area (Å²) >= 11 is 1.67. The maximum atomic E-state index is 12.6. The molecule has 0 fully saturated rings. The van der Waals surface area contributed by atoms with Crippen molar-refractivity contribution in [1.82, 2.24) is 5.48 Å². The van der Waals surface area contributed by atoms with Crippen LogP contribution >= 0.6 is 11.8 Å². The van der Waals surface area contributed by atoms with Crippen molar-refractivity contribution in [3.8, 4) is 0 Å². The molecule has 26 heavy (non-hydrogen) atoms. The quantitative estimate of drug-likeness (QED) is 0.378. The van der Waals surface area contributed by atoms with Gasteiger partial charge >= 0.3 is 0 Å². The molecule has 1 aromatic rings. The smallest absolute Gasteiger partial charge is 0.252 e. The number of rotatable bonds is 7. The number of aryl methyl sites for hydroxylation is 1. The highest BCUT2D eigenvalue weighted by atomic mass is 32.2. The molecule has 1 aliphatic carbocycles. The van der Waals surface area contributed by atoms with Gasteiger partial charge in [-0.05, 0) is 43.7 Å². The lowest BCUT2D eigenvalue weighted by Gasteiger charge is -2.13. The van der Waals surface area contributed by atoms with Gasteiger partial charge in [0.2, 0.25) is 5.91 Å². The third kappa shape index (κ3) is 4.56. The summed E-state index contributed by atoms with van der Waals surface area (Å²) in [5, 5.41) is 11.6. The summed E-state index contributed by atoms with van der Waals surface area (Å²) in [5.74, 6) is -0.304. The van der Waals surface area contributed by atoms with Crippen molar-refractivity contribution in [2.45, 2.75) is 56.3 Å². The number of nitrogens with one attached hydrogen (secondary N) is 2. The largest absolute Gasteiger partial charge is 0.321 e. The second-order valence-electron chi connectivity index (χ2n) is 6.58. The molecule has 1 aromatic carbocycles. The Morgan fingerprint density at radius 2 is 2.08 bits per heavy atom. The number of hydrogen-bond acceptors (Lipinski definition) is 4. The van der Waals surface area contributed by atoms with Gasteiger partial charge in [-0.2, -0.15) is 0 Å². The van der Waals surface area contributed by atoms with Crippen LogP contribution in [0.25, 0.3) is 0 Å². The normalized spacial score (nSPS) is 15.8. The van der Waals surface area contributed by atoms with Gasteiger partial charge in [0, 0.05) is 21.8 Å². The summed E-state index contributed by atoms with van der Waals surface area (Å²) in [7, 11) is 0. The first-order valence-corrected chi connectivity index (χ1v) is 9.94. The van der Waals surface area contributed by atoms with Gasteiger partial charge in [0.25, 0.3) is 5.91 Å². The average Bonchev–Trinajstić information content (AvgIpc) is 2.80. The van der Waals surface area contributed by atoms with E-state index in [2.05, 4.69) is 35.7 Å². The zero-order chi connectivity index (χ0) is 18.4. The van der Waals surface area contributed by atoms with E-state index in [1.165, 1.54) is 5.56 Å². The van der Waals surface area contributed by atoms with Gasteiger partial charge in [0.1, 0.15) is 0 Å². The van der Waals surface area contributed by atoms with E-state index >= 15 is 0 Å². The zero-order valence-electron chi connectivity index (χ0n) is 14.7. The molecule has 3 rings (SSSR count). The van der Waals surface area contributed by atoms with Crippen molar-refractivity contribution in [3.63, 3.8) is 0 Å². The van der Waals surface area contributed by atoms with Crippen molar-refractivity contribution < 1.29 is 14.8 Å². The first-order chi connectivity index (χ1) is 12.7. The molecule has 1 aliphatic heterocycles. The number of para-hydroxylation sites is 1. The molecule has 0 spiro atoms. The number of hydrogen-bond donors (Lipinski definition) is 3. The van der Waals surface area contributed by atoms with E-state index < -0.39 is 0 Å². The van der Waals surface area contributed by atoms with E-state index in [-0.39, 0.29) is 11.8 Å². The lowest BCUT2D eigenvalue weighted by molar-refractivity contribution is -0.129. The Kier molecular flexibility index (Phi) is 6.52. The molecule has 6 heteroatoms. The van der Waals surface area contributed by atoms with E-state index in [1.807, 2.05) is 0 Å². The van der Waals surface area contributed by atoms with Crippen LogP contribution < -0.4 is 10.8 Å².